The van der Waals surface area contributed by atoms with Crippen LogP contribution >= 0.6 is 0 Å². The molecule has 0 saturated carbocycles. The number of ether oxygens (including phenoxy) is 1. The Morgan fingerprint density at radius 3 is 2.90 bits per heavy atom. The van der Waals surface area contributed by atoms with Crippen molar-refractivity contribution in [1.82, 2.24) is 25.1 Å². The van der Waals surface area contributed by atoms with Crippen molar-refractivity contribution in [3.8, 4) is 5.88 Å². The van der Waals surface area contributed by atoms with Gasteiger partial charge >= 0.3 is 0 Å². The molecule has 1 N–H and O–H groups in total. The largest absolute Gasteiger partial charge is 0.481 e. The van der Waals surface area contributed by atoms with Gasteiger partial charge in [0.05, 0.1) is 13.2 Å². The summed E-state index contributed by atoms with van der Waals surface area (Å²) in [4.78, 5) is 22.4. The highest BCUT2D eigenvalue weighted by Crippen LogP contribution is 2.18. The van der Waals surface area contributed by atoms with Crippen molar-refractivity contribution >= 4 is 11.9 Å². The van der Waals surface area contributed by atoms with Gasteiger partial charge in [-0.2, -0.15) is 10.1 Å². The summed E-state index contributed by atoms with van der Waals surface area (Å²) in [6.07, 6.45) is 3.40. The summed E-state index contributed by atoms with van der Waals surface area (Å²) in [6, 6.07) is 3.47. The molecule has 1 aliphatic rings. The Labute approximate surface area is 121 Å². The lowest BCUT2D eigenvalue weighted by atomic mass is 10.1. The van der Waals surface area contributed by atoms with Gasteiger partial charge in [-0.15, -0.1) is 0 Å². The third-order valence-corrected chi connectivity index (χ3v) is 3.27. The molecule has 3 rings (SSSR count). The fraction of sp³-hybridized carbons (Fsp3) is 0.385. The Kier molecular flexibility index (Phi) is 3.43. The molecule has 8 nitrogen and oxygen atoms in total. The SMILES string of the molecule is COc1ccnc(N2CC(NC(=O)c3ccn(C)n3)C2)n1. The number of hydrogen-bond donors (Lipinski definition) is 1. The van der Waals surface area contributed by atoms with Crippen LogP contribution in [0.2, 0.25) is 0 Å². The maximum absolute atomic E-state index is 11.9. The molecule has 0 radical (unpaired) electrons. The van der Waals surface area contributed by atoms with E-state index in [4.69, 9.17) is 4.74 Å². The van der Waals surface area contributed by atoms with Crippen molar-refractivity contribution in [1.29, 1.82) is 0 Å². The van der Waals surface area contributed by atoms with Gasteiger partial charge < -0.3 is 15.0 Å². The van der Waals surface area contributed by atoms with Crippen LogP contribution in [0, 0.1) is 0 Å². The fourth-order valence-electron chi connectivity index (χ4n) is 2.13. The molecule has 3 heterocycles. The van der Waals surface area contributed by atoms with Crippen molar-refractivity contribution in [2.45, 2.75) is 6.04 Å². The van der Waals surface area contributed by atoms with Crippen LogP contribution in [0.3, 0.4) is 0 Å². The van der Waals surface area contributed by atoms with Crippen molar-refractivity contribution in [2.75, 3.05) is 25.1 Å². The molecule has 0 unspecified atom stereocenters. The topological polar surface area (TPSA) is 85.2 Å². The number of rotatable bonds is 4. The zero-order valence-corrected chi connectivity index (χ0v) is 11.9. The number of anilines is 1. The quantitative estimate of drug-likeness (QED) is 0.841. The maximum atomic E-state index is 11.9. The van der Waals surface area contributed by atoms with Gasteiger partial charge in [-0.1, -0.05) is 0 Å². The number of aryl methyl sites for hydroxylation is 1. The number of amides is 1. The smallest absolute Gasteiger partial charge is 0.272 e. The highest BCUT2D eigenvalue weighted by molar-refractivity contribution is 5.92. The van der Waals surface area contributed by atoms with Gasteiger partial charge in [-0.3, -0.25) is 9.48 Å². The standard InChI is InChI=1S/C13H16N6O2/c1-18-6-4-10(17-18)12(20)15-9-7-19(8-9)13-14-5-3-11(16-13)21-2/h3-6,9H,7-8H2,1-2H3,(H,15,20). The fourth-order valence-corrected chi connectivity index (χ4v) is 2.13. The minimum atomic E-state index is -0.160. The van der Waals surface area contributed by atoms with E-state index in [1.165, 1.54) is 0 Å². The summed E-state index contributed by atoms with van der Waals surface area (Å²) >= 11 is 0. The van der Waals surface area contributed by atoms with Gasteiger partial charge in [0.25, 0.3) is 5.91 Å². The van der Waals surface area contributed by atoms with Gasteiger partial charge in [0.15, 0.2) is 0 Å². The first-order chi connectivity index (χ1) is 10.2. The zero-order chi connectivity index (χ0) is 14.8. The molecule has 2 aromatic heterocycles. The third-order valence-electron chi connectivity index (χ3n) is 3.27. The molecular formula is C13H16N6O2. The van der Waals surface area contributed by atoms with Crippen molar-refractivity contribution in [3.63, 3.8) is 0 Å². The molecular weight excluding hydrogens is 272 g/mol. The van der Waals surface area contributed by atoms with E-state index in [1.54, 1.807) is 43.4 Å². The lowest BCUT2D eigenvalue weighted by Gasteiger charge is -2.39. The number of carbonyl (C=O) groups excluding carboxylic acids is 1. The molecule has 21 heavy (non-hydrogen) atoms. The summed E-state index contributed by atoms with van der Waals surface area (Å²) in [5.41, 5.74) is 0.425. The first kappa shape index (κ1) is 13.3. The van der Waals surface area contributed by atoms with Crippen LogP contribution in [0.4, 0.5) is 5.95 Å². The molecule has 0 atom stereocenters. The Bertz CT molecular complexity index is 650. The Hall–Kier alpha value is -2.64. The molecule has 0 spiro atoms. The highest BCUT2D eigenvalue weighted by atomic mass is 16.5. The number of methoxy groups -OCH3 is 1. The van der Waals surface area contributed by atoms with E-state index in [-0.39, 0.29) is 11.9 Å². The number of hydrogen-bond acceptors (Lipinski definition) is 6. The van der Waals surface area contributed by atoms with Gasteiger partial charge in [-0.05, 0) is 6.07 Å². The lowest BCUT2D eigenvalue weighted by Crippen LogP contribution is -2.60. The van der Waals surface area contributed by atoms with Crippen LogP contribution in [0.5, 0.6) is 5.88 Å². The third kappa shape index (κ3) is 2.78. The average molecular weight is 288 g/mol. The first-order valence-electron chi connectivity index (χ1n) is 6.58. The molecule has 8 heteroatoms. The Morgan fingerprint density at radius 2 is 2.24 bits per heavy atom. The van der Waals surface area contributed by atoms with Crippen LogP contribution in [0.25, 0.3) is 0 Å². The summed E-state index contributed by atoms with van der Waals surface area (Å²) in [7, 11) is 3.35. The molecule has 1 fully saturated rings. The highest BCUT2D eigenvalue weighted by Gasteiger charge is 2.30. The van der Waals surface area contributed by atoms with Gasteiger partial charge in [-0.25, -0.2) is 4.98 Å². The van der Waals surface area contributed by atoms with Crippen LogP contribution in [0.15, 0.2) is 24.5 Å². The van der Waals surface area contributed by atoms with E-state index in [0.717, 1.165) is 0 Å². The second kappa shape index (κ2) is 5.39. The lowest BCUT2D eigenvalue weighted by molar-refractivity contribution is 0.0924. The van der Waals surface area contributed by atoms with E-state index in [1.807, 2.05) is 4.90 Å². The van der Waals surface area contributed by atoms with Gasteiger partial charge in [0.1, 0.15) is 5.69 Å². The minimum Gasteiger partial charge on any atom is -0.481 e. The molecule has 1 aliphatic heterocycles. The van der Waals surface area contributed by atoms with Gasteiger partial charge in [0.2, 0.25) is 11.8 Å². The van der Waals surface area contributed by atoms with E-state index < -0.39 is 0 Å². The number of nitrogens with zero attached hydrogens (tertiary/aromatic N) is 5. The average Bonchev–Trinajstić information content (AvgIpc) is 2.89. The summed E-state index contributed by atoms with van der Waals surface area (Å²) < 4.78 is 6.67. The summed E-state index contributed by atoms with van der Waals surface area (Å²) in [5, 5.41) is 7.00. The molecule has 0 aliphatic carbocycles. The van der Waals surface area contributed by atoms with E-state index in [9.17, 15) is 4.79 Å². The molecule has 110 valence electrons. The second-order valence-corrected chi connectivity index (χ2v) is 4.85. The molecule has 0 bridgehead atoms. The van der Waals surface area contributed by atoms with Crippen LogP contribution < -0.4 is 15.0 Å². The van der Waals surface area contributed by atoms with E-state index in [2.05, 4.69) is 20.4 Å². The molecule has 2 aromatic rings. The number of nitrogens with one attached hydrogen (secondary N) is 1. The van der Waals surface area contributed by atoms with E-state index >= 15 is 0 Å². The van der Waals surface area contributed by atoms with Crippen molar-refractivity contribution < 1.29 is 9.53 Å². The van der Waals surface area contributed by atoms with Crippen molar-refractivity contribution in [3.05, 3.63) is 30.2 Å². The maximum Gasteiger partial charge on any atom is 0.272 e. The van der Waals surface area contributed by atoms with Crippen LogP contribution in [0.1, 0.15) is 10.5 Å². The normalized spacial score (nSPS) is 14.7. The minimum absolute atomic E-state index is 0.0781. The molecule has 1 saturated heterocycles. The van der Waals surface area contributed by atoms with E-state index in [0.29, 0.717) is 30.6 Å². The monoisotopic (exact) mass is 288 g/mol. The Morgan fingerprint density at radius 1 is 1.43 bits per heavy atom. The zero-order valence-electron chi connectivity index (χ0n) is 11.9. The molecule has 1 amide bonds. The summed E-state index contributed by atoms with van der Waals surface area (Å²) in [6.45, 7) is 1.34. The first-order valence-corrected chi connectivity index (χ1v) is 6.58. The second-order valence-electron chi connectivity index (χ2n) is 4.85. The summed E-state index contributed by atoms with van der Waals surface area (Å²) in [5.74, 6) is 0.977. The number of carbonyl (C=O) groups is 1. The van der Waals surface area contributed by atoms with Gasteiger partial charge in [0, 0.05) is 38.6 Å². The van der Waals surface area contributed by atoms with Crippen LogP contribution in [-0.4, -0.2) is 51.9 Å². The predicted molar refractivity (Wildman–Crippen MR) is 75.3 cm³/mol. The molecule has 0 aromatic carbocycles. The van der Waals surface area contributed by atoms with Crippen molar-refractivity contribution in [2.24, 2.45) is 7.05 Å². The Balaban J connectivity index is 1.54. The number of aromatic nitrogens is 4. The van der Waals surface area contributed by atoms with Crippen LogP contribution in [-0.2, 0) is 7.05 Å². The predicted octanol–water partition coefficient (Wildman–Crippen LogP) is -0.163.